The predicted octanol–water partition coefficient (Wildman–Crippen LogP) is 3.54. The van der Waals surface area contributed by atoms with Crippen molar-refractivity contribution in [1.82, 2.24) is 4.31 Å². The number of nitrogens with one attached hydrogen (secondary N) is 2. The van der Waals surface area contributed by atoms with E-state index in [2.05, 4.69) is 26.6 Å². The van der Waals surface area contributed by atoms with Gasteiger partial charge < -0.3 is 15.4 Å². The zero-order valence-corrected chi connectivity index (χ0v) is 18.4. The molecular formula is C19H24BrN3O4S. The molecule has 0 radical (unpaired) electrons. The van der Waals surface area contributed by atoms with E-state index in [1.165, 1.54) is 29.6 Å². The molecule has 2 aromatic carbocycles. The second-order valence-corrected chi connectivity index (χ2v) is 8.71. The highest BCUT2D eigenvalue weighted by atomic mass is 79.9. The fourth-order valence-corrected chi connectivity index (χ4v) is 4.35. The molecule has 0 aromatic heterocycles. The average Bonchev–Trinajstić information content (AvgIpc) is 2.68. The fraction of sp³-hybridized carbons (Fsp3) is 0.316. The van der Waals surface area contributed by atoms with E-state index < -0.39 is 10.0 Å². The van der Waals surface area contributed by atoms with Crippen molar-refractivity contribution in [3.8, 4) is 5.75 Å². The van der Waals surface area contributed by atoms with Crippen LogP contribution in [0.2, 0.25) is 0 Å². The maximum Gasteiger partial charge on any atom is 0.243 e. The van der Waals surface area contributed by atoms with E-state index in [1.807, 2.05) is 24.3 Å². The summed E-state index contributed by atoms with van der Waals surface area (Å²) in [5.74, 6) is 0.0640. The van der Waals surface area contributed by atoms with Gasteiger partial charge in [0, 0.05) is 23.2 Å². The van der Waals surface area contributed by atoms with Crippen molar-refractivity contribution in [2.24, 2.45) is 0 Å². The number of halogens is 1. The summed E-state index contributed by atoms with van der Waals surface area (Å²) in [6.07, 6.45) is 0. The van der Waals surface area contributed by atoms with Crippen LogP contribution < -0.4 is 15.4 Å². The number of carbonyl (C=O) groups excluding carboxylic acids is 1. The van der Waals surface area contributed by atoms with Gasteiger partial charge in [0.1, 0.15) is 5.75 Å². The van der Waals surface area contributed by atoms with E-state index in [0.717, 1.165) is 10.2 Å². The zero-order chi connectivity index (χ0) is 20.7. The van der Waals surface area contributed by atoms with Gasteiger partial charge in [0.25, 0.3) is 0 Å². The fourth-order valence-electron chi connectivity index (χ4n) is 2.60. The summed E-state index contributed by atoms with van der Waals surface area (Å²) in [5.41, 5.74) is 1.10. The van der Waals surface area contributed by atoms with Crippen molar-refractivity contribution in [2.75, 3.05) is 37.4 Å². The lowest BCUT2D eigenvalue weighted by molar-refractivity contribution is -0.114. The van der Waals surface area contributed by atoms with Crippen LogP contribution in [-0.2, 0) is 14.8 Å². The van der Waals surface area contributed by atoms with Gasteiger partial charge in [-0.1, -0.05) is 29.8 Å². The molecule has 2 rings (SSSR count). The van der Waals surface area contributed by atoms with E-state index in [0.29, 0.717) is 24.5 Å². The first-order valence-corrected chi connectivity index (χ1v) is 11.0. The molecule has 0 fully saturated rings. The molecule has 0 unspecified atom stereocenters. The number of nitrogens with zero attached hydrogens (tertiary/aromatic N) is 1. The number of carbonyl (C=O) groups is 1. The molecule has 7 nitrogen and oxygen atoms in total. The van der Waals surface area contributed by atoms with Crippen LogP contribution in [0.25, 0.3) is 0 Å². The first-order valence-electron chi connectivity index (χ1n) is 8.79. The smallest absolute Gasteiger partial charge is 0.243 e. The Morgan fingerprint density at radius 2 is 1.75 bits per heavy atom. The average molecular weight is 470 g/mol. The van der Waals surface area contributed by atoms with Crippen LogP contribution in [-0.4, -0.2) is 45.4 Å². The van der Waals surface area contributed by atoms with Gasteiger partial charge in [-0.3, -0.25) is 4.79 Å². The molecule has 2 aromatic rings. The lowest BCUT2D eigenvalue weighted by Crippen LogP contribution is -2.30. The molecule has 9 heteroatoms. The predicted molar refractivity (Wildman–Crippen MR) is 114 cm³/mol. The summed E-state index contributed by atoms with van der Waals surface area (Å²) in [6.45, 7) is 4.31. The van der Waals surface area contributed by atoms with Crippen LogP contribution in [0, 0.1) is 0 Å². The largest absolute Gasteiger partial charge is 0.495 e. The van der Waals surface area contributed by atoms with Crippen LogP contribution in [0.4, 0.5) is 11.4 Å². The Morgan fingerprint density at radius 3 is 2.32 bits per heavy atom. The van der Waals surface area contributed by atoms with Crippen LogP contribution in [0.3, 0.4) is 0 Å². The number of hydrogen-bond donors (Lipinski definition) is 2. The molecule has 0 spiro atoms. The van der Waals surface area contributed by atoms with Gasteiger partial charge in [-0.15, -0.1) is 0 Å². The maximum absolute atomic E-state index is 12.7. The van der Waals surface area contributed by atoms with Crippen molar-refractivity contribution < 1.29 is 17.9 Å². The van der Waals surface area contributed by atoms with Gasteiger partial charge in [0.15, 0.2) is 0 Å². The Balaban J connectivity index is 2.17. The van der Waals surface area contributed by atoms with Crippen LogP contribution >= 0.6 is 15.9 Å². The number of anilines is 2. The van der Waals surface area contributed by atoms with E-state index in [4.69, 9.17) is 4.74 Å². The molecule has 0 bridgehead atoms. The van der Waals surface area contributed by atoms with Crippen LogP contribution in [0.15, 0.2) is 51.8 Å². The van der Waals surface area contributed by atoms with E-state index in [1.54, 1.807) is 13.8 Å². The lowest BCUT2D eigenvalue weighted by atomic mass is 10.3. The molecule has 28 heavy (non-hydrogen) atoms. The highest BCUT2D eigenvalue weighted by Gasteiger charge is 2.23. The number of hydrogen-bond acceptors (Lipinski definition) is 5. The van der Waals surface area contributed by atoms with Crippen molar-refractivity contribution in [1.29, 1.82) is 0 Å². The topological polar surface area (TPSA) is 87.7 Å². The van der Waals surface area contributed by atoms with Crippen molar-refractivity contribution in [2.45, 2.75) is 18.7 Å². The number of benzene rings is 2. The first-order chi connectivity index (χ1) is 13.3. The molecule has 0 aliphatic carbocycles. The molecule has 0 aliphatic rings. The van der Waals surface area contributed by atoms with Crippen molar-refractivity contribution >= 4 is 43.2 Å². The zero-order valence-electron chi connectivity index (χ0n) is 16.0. The van der Waals surface area contributed by atoms with Crippen molar-refractivity contribution in [3.63, 3.8) is 0 Å². The summed E-state index contributed by atoms with van der Waals surface area (Å²) >= 11 is 3.36. The number of ether oxygens (including phenoxy) is 1. The van der Waals surface area contributed by atoms with E-state index in [9.17, 15) is 13.2 Å². The van der Waals surface area contributed by atoms with Crippen LogP contribution in [0.1, 0.15) is 13.8 Å². The second-order valence-electron chi connectivity index (χ2n) is 5.86. The summed E-state index contributed by atoms with van der Waals surface area (Å²) in [4.78, 5) is 12.4. The number of amides is 1. The molecule has 0 saturated heterocycles. The van der Waals surface area contributed by atoms with Crippen LogP contribution in [0.5, 0.6) is 5.75 Å². The standard InChI is InChI=1S/C19H24BrN3O4S/c1-4-23(5-2)28(25,26)16-10-11-18(27-3)17(12-16)22-19(24)13-21-15-8-6-14(20)7-9-15/h6-12,21H,4-5,13H2,1-3H3,(H,22,24). The minimum absolute atomic E-state index is 0.0256. The number of sulfonamides is 1. The Kier molecular flexibility index (Phi) is 7.85. The molecule has 1 amide bonds. The molecule has 0 atom stereocenters. The summed E-state index contributed by atoms with van der Waals surface area (Å²) in [5, 5.41) is 5.72. The third-order valence-electron chi connectivity index (χ3n) is 4.09. The van der Waals surface area contributed by atoms with E-state index >= 15 is 0 Å². The highest BCUT2D eigenvalue weighted by molar-refractivity contribution is 9.10. The summed E-state index contributed by atoms with van der Waals surface area (Å²) in [7, 11) is -2.18. The quantitative estimate of drug-likeness (QED) is 0.586. The lowest BCUT2D eigenvalue weighted by Gasteiger charge is -2.19. The molecule has 2 N–H and O–H groups in total. The maximum atomic E-state index is 12.7. The Labute approximate surface area is 174 Å². The van der Waals surface area contributed by atoms with Gasteiger partial charge in [-0.25, -0.2) is 8.42 Å². The SMILES string of the molecule is CCN(CC)S(=O)(=O)c1ccc(OC)c(NC(=O)CNc2ccc(Br)cc2)c1. The molecule has 0 aliphatic heterocycles. The first kappa shape index (κ1) is 22.2. The Morgan fingerprint density at radius 1 is 1.11 bits per heavy atom. The third-order valence-corrected chi connectivity index (χ3v) is 6.66. The molecule has 152 valence electrons. The Bertz CT molecular complexity index is 913. The minimum Gasteiger partial charge on any atom is -0.495 e. The molecule has 0 heterocycles. The van der Waals surface area contributed by atoms with Gasteiger partial charge in [0.2, 0.25) is 15.9 Å². The monoisotopic (exact) mass is 469 g/mol. The number of methoxy groups -OCH3 is 1. The second kappa shape index (κ2) is 9.90. The molecule has 0 saturated carbocycles. The Hall–Kier alpha value is -2.10. The summed E-state index contributed by atoms with van der Waals surface area (Å²) in [6, 6.07) is 11.8. The van der Waals surface area contributed by atoms with Gasteiger partial charge >= 0.3 is 0 Å². The normalized spacial score (nSPS) is 11.3. The van der Waals surface area contributed by atoms with Gasteiger partial charge in [0.05, 0.1) is 24.2 Å². The van der Waals surface area contributed by atoms with Gasteiger partial charge in [-0.2, -0.15) is 4.31 Å². The highest BCUT2D eigenvalue weighted by Crippen LogP contribution is 2.29. The van der Waals surface area contributed by atoms with E-state index in [-0.39, 0.29) is 17.3 Å². The molecular weight excluding hydrogens is 446 g/mol. The minimum atomic E-state index is -3.64. The third kappa shape index (κ3) is 5.46. The summed E-state index contributed by atoms with van der Waals surface area (Å²) < 4.78 is 33.0. The van der Waals surface area contributed by atoms with Gasteiger partial charge in [-0.05, 0) is 42.5 Å². The number of rotatable bonds is 9. The van der Waals surface area contributed by atoms with Crippen molar-refractivity contribution in [3.05, 3.63) is 46.9 Å².